The minimum atomic E-state index is -0.00431. The van der Waals surface area contributed by atoms with Crippen molar-refractivity contribution in [3.8, 4) is 0 Å². The highest BCUT2D eigenvalue weighted by molar-refractivity contribution is 8.19. The van der Waals surface area contributed by atoms with Crippen LogP contribution in [0.25, 0.3) is 0 Å². The molecule has 0 N–H and O–H groups in total. The van der Waals surface area contributed by atoms with Crippen LogP contribution < -0.4 is 9.80 Å². The Morgan fingerprint density at radius 1 is 0.974 bits per heavy atom. The number of aliphatic imine (C=N–C) groups is 1. The monoisotopic (exact) mass is 562 g/mol. The zero-order chi connectivity index (χ0) is 26.8. The molecule has 38 heavy (non-hydrogen) atoms. The third kappa shape index (κ3) is 5.33. The van der Waals surface area contributed by atoms with Gasteiger partial charge in [0.15, 0.2) is 5.17 Å². The molecule has 0 saturated carbocycles. The van der Waals surface area contributed by atoms with Crippen LogP contribution in [0.3, 0.4) is 0 Å². The van der Waals surface area contributed by atoms with E-state index in [0.717, 1.165) is 51.5 Å². The summed E-state index contributed by atoms with van der Waals surface area (Å²) in [4.78, 5) is 26.9. The van der Waals surface area contributed by atoms with Gasteiger partial charge in [-0.25, -0.2) is 4.99 Å². The Hall–Kier alpha value is -2.87. The van der Waals surface area contributed by atoms with Gasteiger partial charge in [-0.2, -0.15) is 0 Å². The quantitative estimate of drug-likeness (QED) is 0.276. The van der Waals surface area contributed by atoms with Crippen molar-refractivity contribution in [2.45, 2.75) is 32.1 Å². The maximum atomic E-state index is 13.9. The predicted molar refractivity (Wildman–Crippen MR) is 164 cm³/mol. The van der Waals surface area contributed by atoms with Crippen LogP contribution in [0.1, 0.15) is 25.0 Å². The molecule has 0 unspecified atom stereocenters. The fourth-order valence-electron chi connectivity index (χ4n) is 4.67. The Labute approximate surface area is 238 Å². The van der Waals surface area contributed by atoms with E-state index in [1.807, 2.05) is 48.3 Å². The lowest BCUT2D eigenvalue weighted by Crippen LogP contribution is -2.31. The number of amides is 1. The Balaban J connectivity index is 1.50. The zero-order valence-electron chi connectivity index (χ0n) is 22.1. The number of rotatable bonds is 7. The minimum Gasteiger partial charge on any atom is -0.372 e. The molecular weight excluding hydrogens is 532 g/mol. The lowest BCUT2D eigenvalue weighted by molar-refractivity contribution is -0.122. The molecule has 5 nitrogen and oxygen atoms in total. The van der Waals surface area contributed by atoms with Gasteiger partial charge in [0.25, 0.3) is 5.91 Å². The highest BCUT2D eigenvalue weighted by atomic mass is 35.5. The molecule has 3 aromatic rings. The van der Waals surface area contributed by atoms with Gasteiger partial charge in [0.05, 0.1) is 16.4 Å². The molecule has 5 rings (SSSR count). The first-order valence-electron chi connectivity index (χ1n) is 12.8. The van der Waals surface area contributed by atoms with Crippen molar-refractivity contribution >= 4 is 63.3 Å². The first-order valence-corrected chi connectivity index (χ1v) is 14.8. The maximum Gasteiger partial charge on any atom is 0.269 e. The highest BCUT2D eigenvalue weighted by Gasteiger charge is 2.39. The van der Waals surface area contributed by atoms with Crippen molar-refractivity contribution in [3.63, 3.8) is 0 Å². The lowest BCUT2D eigenvalue weighted by Gasteiger charge is -2.22. The molecule has 2 aliphatic rings. The first-order chi connectivity index (χ1) is 18.4. The molecule has 1 amide bonds. The van der Waals surface area contributed by atoms with E-state index in [0.29, 0.717) is 16.5 Å². The molecule has 0 aliphatic carbocycles. The van der Waals surface area contributed by atoms with Gasteiger partial charge in [0.1, 0.15) is 4.91 Å². The van der Waals surface area contributed by atoms with E-state index < -0.39 is 0 Å². The van der Waals surface area contributed by atoms with E-state index in [4.69, 9.17) is 16.6 Å². The van der Waals surface area contributed by atoms with E-state index in [1.54, 1.807) is 11.8 Å². The van der Waals surface area contributed by atoms with Crippen molar-refractivity contribution in [1.82, 2.24) is 4.90 Å². The summed E-state index contributed by atoms with van der Waals surface area (Å²) in [6, 6.07) is 22.5. The Morgan fingerprint density at radius 2 is 1.74 bits per heavy atom. The highest BCUT2D eigenvalue weighted by Crippen LogP contribution is 2.50. The molecule has 196 valence electrons. The first kappa shape index (κ1) is 26.7. The van der Waals surface area contributed by atoms with Crippen LogP contribution in [-0.2, 0) is 11.2 Å². The number of amidine groups is 1. The molecule has 1 fully saturated rings. The van der Waals surface area contributed by atoms with Gasteiger partial charge in [0, 0.05) is 42.3 Å². The summed E-state index contributed by atoms with van der Waals surface area (Å²) in [5.74, 6) is -0.00431. The van der Waals surface area contributed by atoms with Crippen molar-refractivity contribution in [2.24, 2.45) is 4.99 Å². The molecule has 8 heteroatoms. The van der Waals surface area contributed by atoms with Crippen LogP contribution in [0.5, 0.6) is 0 Å². The van der Waals surface area contributed by atoms with Gasteiger partial charge >= 0.3 is 0 Å². The summed E-state index contributed by atoms with van der Waals surface area (Å²) in [5, 5.41) is 2.32. The number of thioether (sulfide) groups is 2. The second-order valence-electron chi connectivity index (χ2n) is 9.24. The van der Waals surface area contributed by atoms with Gasteiger partial charge in [-0.3, -0.25) is 9.69 Å². The third-order valence-electron chi connectivity index (χ3n) is 6.84. The van der Waals surface area contributed by atoms with Crippen LogP contribution >= 0.6 is 35.1 Å². The molecule has 2 aliphatic heterocycles. The standard InChI is InChI=1S/C30H31ClN4OS2/c1-5-34(6-2)23-13-14-24(20(3)18-23)32-30-35(17-16-21-10-8-7-9-11-21)28(36)27(38-30)29-33(4)25-19-22(31)12-15-26(25)37-29/h7-15,18-19H,5-6,16-17H2,1-4H3/b29-27-,32-30?. The smallest absolute Gasteiger partial charge is 0.269 e. The van der Waals surface area contributed by atoms with E-state index in [-0.39, 0.29) is 5.91 Å². The van der Waals surface area contributed by atoms with Crippen molar-refractivity contribution in [1.29, 1.82) is 0 Å². The summed E-state index contributed by atoms with van der Waals surface area (Å²) in [6.45, 7) is 8.89. The van der Waals surface area contributed by atoms with Gasteiger partial charge < -0.3 is 9.80 Å². The third-order valence-corrected chi connectivity index (χ3v) is 9.51. The number of fused-ring (bicyclic) bond motifs is 1. The Kier molecular flexibility index (Phi) is 8.07. The Bertz CT molecular complexity index is 1420. The predicted octanol–water partition coefficient (Wildman–Crippen LogP) is 7.71. The number of carbonyl (C=O) groups is 1. The van der Waals surface area contributed by atoms with Crippen LogP contribution in [0.2, 0.25) is 5.02 Å². The molecular formula is C30H31ClN4OS2. The molecule has 3 aromatic carbocycles. The number of hydrogen-bond donors (Lipinski definition) is 0. The van der Waals surface area contributed by atoms with Crippen molar-refractivity contribution in [2.75, 3.05) is 36.5 Å². The van der Waals surface area contributed by atoms with E-state index >= 15 is 0 Å². The fraction of sp³-hybridized carbons (Fsp3) is 0.267. The summed E-state index contributed by atoms with van der Waals surface area (Å²) >= 11 is 9.34. The molecule has 0 atom stereocenters. The molecule has 0 spiro atoms. The molecule has 0 aromatic heterocycles. The molecule has 0 bridgehead atoms. The summed E-state index contributed by atoms with van der Waals surface area (Å²) in [5.41, 5.74) is 5.38. The number of anilines is 2. The summed E-state index contributed by atoms with van der Waals surface area (Å²) in [7, 11) is 1.99. The number of halogens is 1. The number of carbonyl (C=O) groups excluding carboxylic acids is 1. The molecule has 0 radical (unpaired) electrons. The number of aryl methyl sites for hydroxylation is 1. The summed E-state index contributed by atoms with van der Waals surface area (Å²) < 4.78 is 0. The van der Waals surface area contributed by atoms with Gasteiger partial charge in [-0.15, -0.1) is 0 Å². The van der Waals surface area contributed by atoms with Crippen LogP contribution in [-0.4, -0.2) is 42.7 Å². The van der Waals surface area contributed by atoms with Crippen LogP contribution in [0.15, 0.2) is 86.6 Å². The maximum absolute atomic E-state index is 13.9. The van der Waals surface area contributed by atoms with Crippen LogP contribution in [0.4, 0.5) is 17.1 Å². The molecule has 2 heterocycles. The SMILES string of the molecule is CCN(CC)c1ccc(N=C2S/C(=C3\Sc4ccc(Cl)cc4N3C)C(=O)N2CCc2ccccc2)c(C)c1. The topological polar surface area (TPSA) is 39.1 Å². The summed E-state index contributed by atoms with van der Waals surface area (Å²) in [6.07, 6.45) is 0.757. The number of nitrogens with zero attached hydrogens (tertiary/aromatic N) is 4. The second kappa shape index (κ2) is 11.5. The average Bonchev–Trinajstić information content (AvgIpc) is 3.40. The van der Waals surface area contributed by atoms with E-state index in [9.17, 15) is 4.79 Å². The molecule has 1 saturated heterocycles. The van der Waals surface area contributed by atoms with Crippen molar-refractivity contribution < 1.29 is 4.79 Å². The average molecular weight is 563 g/mol. The van der Waals surface area contributed by atoms with Crippen molar-refractivity contribution in [3.05, 3.63) is 92.8 Å². The largest absolute Gasteiger partial charge is 0.372 e. The fourth-order valence-corrected chi connectivity index (χ4v) is 7.18. The Morgan fingerprint density at radius 3 is 2.45 bits per heavy atom. The number of benzene rings is 3. The van der Waals surface area contributed by atoms with E-state index in [1.165, 1.54) is 23.0 Å². The van der Waals surface area contributed by atoms with Gasteiger partial charge in [-0.1, -0.05) is 53.7 Å². The minimum absolute atomic E-state index is 0.00431. The zero-order valence-corrected chi connectivity index (χ0v) is 24.5. The van der Waals surface area contributed by atoms with Gasteiger partial charge in [-0.05, 0) is 86.5 Å². The van der Waals surface area contributed by atoms with Gasteiger partial charge in [0.2, 0.25) is 0 Å². The number of hydrogen-bond acceptors (Lipinski definition) is 6. The van der Waals surface area contributed by atoms with E-state index in [2.05, 4.69) is 60.9 Å². The second-order valence-corrected chi connectivity index (χ2v) is 11.7. The lowest BCUT2D eigenvalue weighted by atomic mass is 10.1. The normalized spacial score (nSPS) is 18.0. The van der Waals surface area contributed by atoms with Crippen LogP contribution in [0, 0.1) is 6.92 Å².